The molecular formula is C33H32N2O6S. The number of carbonyl (C=O) groups excluding carboxylic acids is 2. The number of amides is 1. The van der Waals surface area contributed by atoms with E-state index in [-0.39, 0.29) is 17.4 Å². The number of ketones is 1. The van der Waals surface area contributed by atoms with E-state index < -0.39 is 17.7 Å². The van der Waals surface area contributed by atoms with E-state index in [9.17, 15) is 14.7 Å². The van der Waals surface area contributed by atoms with E-state index in [1.807, 2.05) is 49.4 Å². The summed E-state index contributed by atoms with van der Waals surface area (Å²) in [5.41, 5.74) is 2.71. The molecule has 6 rings (SSSR count). The fourth-order valence-electron chi connectivity index (χ4n) is 5.38. The topological polar surface area (TPSA) is 98.2 Å². The van der Waals surface area contributed by atoms with Gasteiger partial charge in [-0.25, -0.2) is 4.98 Å². The van der Waals surface area contributed by atoms with Gasteiger partial charge in [-0.3, -0.25) is 14.5 Å². The average molecular weight is 585 g/mol. The van der Waals surface area contributed by atoms with Crippen molar-refractivity contribution < 1.29 is 28.9 Å². The third-order valence-electron chi connectivity index (χ3n) is 7.54. The zero-order chi connectivity index (χ0) is 29.5. The molecule has 9 heteroatoms. The van der Waals surface area contributed by atoms with E-state index in [2.05, 4.69) is 13.8 Å². The Kier molecular flexibility index (Phi) is 7.36. The number of aliphatic hydroxyl groups is 1. The Morgan fingerprint density at radius 2 is 1.95 bits per heavy atom. The molecule has 1 aromatic heterocycles. The van der Waals surface area contributed by atoms with Crippen LogP contribution in [-0.2, 0) is 16.0 Å². The molecule has 2 atom stereocenters. The number of carbonyl (C=O) groups is 2. The molecule has 0 bridgehead atoms. The van der Waals surface area contributed by atoms with Crippen molar-refractivity contribution >= 4 is 44.1 Å². The summed E-state index contributed by atoms with van der Waals surface area (Å²) in [6.07, 6.45) is 1.61. The van der Waals surface area contributed by atoms with Gasteiger partial charge in [-0.2, -0.15) is 0 Å². The van der Waals surface area contributed by atoms with E-state index in [1.165, 1.54) is 16.2 Å². The Morgan fingerprint density at radius 1 is 1.12 bits per heavy atom. The van der Waals surface area contributed by atoms with Gasteiger partial charge in [-0.15, -0.1) is 0 Å². The minimum Gasteiger partial charge on any atom is -0.507 e. The zero-order valence-electron chi connectivity index (χ0n) is 23.9. The van der Waals surface area contributed by atoms with Crippen molar-refractivity contribution in [3.05, 3.63) is 82.9 Å². The quantitative estimate of drug-likeness (QED) is 0.140. The summed E-state index contributed by atoms with van der Waals surface area (Å²) in [5.74, 6) is 0.763. The second kappa shape index (κ2) is 11.1. The lowest BCUT2D eigenvalue weighted by Gasteiger charge is -2.23. The second-order valence-corrected chi connectivity index (χ2v) is 12.1. The number of aliphatic hydroxyl groups excluding tert-OH is 1. The van der Waals surface area contributed by atoms with Crippen LogP contribution < -0.4 is 19.1 Å². The van der Waals surface area contributed by atoms with Crippen LogP contribution in [0.4, 0.5) is 5.13 Å². The van der Waals surface area contributed by atoms with Gasteiger partial charge in [0.05, 0.1) is 35.5 Å². The summed E-state index contributed by atoms with van der Waals surface area (Å²) in [4.78, 5) is 33.5. The van der Waals surface area contributed by atoms with E-state index in [0.717, 1.165) is 22.4 Å². The van der Waals surface area contributed by atoms with Crippen molar-refractivity contribution in [1.29, 1.82) is 0 Å². The predicted molar refractivity (Wildman–Crippen MR) is 163 cm³/mol. The maximum atomic E-state index is 13.7. The minimum atomic E-state index is -0.912. The number of hydrogen-bond acceptors (Lipinski definition) is 8. The van der Waals surface area contributed by atoms with E-state index in [1.54, 1.807) is 25.3 Å². The first-order chi connectivity index (χ1) is 20.2. The van der Waals surface area contributed by atoms with Gasteiger partial charge in [0.2, 0.25) is 0 Å². The molecule has 216 valence electrons. The van der Waals surface area contributed by atoms with Gasteiger partial charge in [-0.1, -0.05) is 37.3 Å². The third-order valence-corrected chi connectivity index (χ3v) is 8.56. The van der Waals surface area contributed by atoms with Gasteiger partial charge >= 0.3 is 5.91 Å². The Hall–Kier alpha value is -4.37. The lowest BCUT2D eigenvalue weighted by atomic mass is 9.94. The highest BCUT2D eigenvalue weighted by molar-refractivity contribution is 7.22. The molecule has 3 heterocycles. The number of fused-ring (bicyclic) bond motifs is 2. The van der Waals surface area contributed by atoms with Crippen molar-refractivity contribution in [2.24, 2.45) is 5.92 Å². The molecule has 1 N–H and O–H groups in total. The molecule has 3 aromatic carbocycles. The van der Waals surface area contributed by atoms with Crippen molar-refractivity contribution in [2.45, 2.75) is 45.8 Å². The minimum absolute atomic E-state index is 0.00285. The molecule has 4 aromatic rings. The Morgan fingerprint density at radius 3 is 2.74 bits per heavy atom. The molecule has 2 aliphatic heterocycles. The number of thiazole rings is 1. The molecule has 2 unspecified atom stereocenters. The number of methoxy groups -OCH3 is 1. The molecule has 8 nitrogen and oxygen atoms in total. The maximum absolute atomic E-state index is 13.7. The van der Waals surface area contributed by atoms with Crippen LogP contribution in [-0.4, -0.2) is 41.6 Å². The van der Waals surface area contributed by atoms with Gasteiger partial charge in [-0.05, 0) is 78.9 Å². The van der Waals surface area contributed by atoms with Gasteiger partial charge in [0.15, 0.2) is 5.13 Å². The highest BCUT2D eigenvalue weighted by atomic mass is 32.1. The summed E-state index contributed by atoms with van der Waals surface area (Å²) in [5, 5.41) is 12.0. The summed E-state index contributed by atoms with van der Waals surface area (Å²) in [6.45, 7) is 6.78. The SMILES string of the molecule is COc1ccc2nc(N3C(=O)C(=O)/C(=C(/O)c4ccc5c(c4)CC(C)O5)C3c3cccc(OCCC(C)C)c3)sc2c1. The second-order valence-electron chi connectivity index (χ2n) is 11.1. The van der Waals surface area contributed by atoms with Gasteiger partial charge < -0.3 is 19.3 Å². The highest BCUT2D eigenvalue weighted by Gasteiger charge is 2.48. The first kappa shape index (κ1) is 27.8. The third kappa shape index (κ3) is 5.09. The van der Waals surface area contributed by atoms with Crippen molar-refractivity contribution in [3.8, 4) is 17.2 Å². The summed E-state index contributed by atoms with van der Waals surface area (Å²) >= 11 is 1.29. The van der Waals surface area contributed by atoms with Crippen molar-refractivity contribution in [2.75, 3.05) is 18.6 Å². The van der Waals surface area contributed by atoms with Crippen molar-refractivity contribution in [3.63, 3.8) is 0 Å². The predicted octanol–water partition coefficient (Wildman–Crippen LogP) is 6.68. The van der Waals surface area contributed by atoms with Crippen LogP contribution in [0.15, 0.2) is 66.2 Å². The number of hydrogen-bond donors (Lipinski definition) is 1. The van der Waals surface area contributed by atoms with Crippen LogP contribution in [0, 0.1) is 5.92 Å². The molecule has 1 amide bonds. The van der Waals surface area contributed by atoms with Crippen LogP contribution in [0.3, 0.4) is 0 Å². The summed E-state index contributed by atoms with van der Waals surface area (Å²) < 4.78 is 18.0. The van der Waals surface area contributed by atoms with Crippen LogP contribution in [0.1, 0.15) is 49.9 Å². The summed E-state index contributed by atoms with van der Waals surface area (Å²) in [7, 11) is 1.59. The lowest BCUT2D eigenvalue weighted by Crippen LogP contribution is -2.29. The van der Waals surface area contributed by atoms with Crippen LogP contribution in [0.25, 0.3) is 16.0 Å². The summed E-state index contributed by atoms with van der Waals surface area (Å²) in [6, 6.07) is 17.2. The molecule has 1 saturated heterocycles. The number of benzene rings is 3. The van der Waals surface area contributed by atoms with Crippen LogP contribution in [0.5, 0.6) is 17.2 Å². The maximum Gasteiger partial charge on any atom is 0.301 e. The number of ether oxygens (including phenoxy) is 3. The number of rotatable bonds is 8. The van der Waals surface area contributed by atoms with E-state index >= 15 is 0 Å². The monoisotopic (exact) mass is 584 g/mol. The smallest absolute Gasteiger partial charge is 0.301 e. The highest BCUT2D eigenvalue weighted by Crippen LogP contribution is 2.45. The van der Waals surface area contributed by atoms with E-state index in [0.29, 0.717) is 52.2 Å². The Bertz CT molecular complexity index is 1720. The van der Waals surface area contributed by atoms with Gasteiger partial charge in [0.1, 0.15) is 29.1 Å². The Balaban J connectivity index is 1.48. The largest absolute Gasteiger partial charge is 0.507 e. The molecule has 0 aliphatic carbocycles. The molecule has 0 saturated carbocycles. The molecule has 1 fully saturated rings. The first-order valence-electron chi connectivity index (χ1n) is 14.0. The van der Waals surface area contributed by atoms with Crippen molar-refractivity contribution in [1.82, 2.24) is 4.98 Å². The van der Waals surface area contributed by atoms with Crippen LogP contribution in [0.2, 0.25) is 0 Å². The molecule has 42 heavy (non-hydrogen) atoms. The standard InChI is InChI=1S/C33H32N2O6S/c1-18(2)12-13-40-24-7-5-6-20(16-24)29-28(30(36)21-8-11-26-22(15-21)14-19(3)41-26)31(37)32(38)35(29)33-34-25-10-9-23(39-4)17-27(25)42-33/h5-11,15-19,29,36H,12-14H2,1-4H3/b30-28+. The molecule has 0 radical (unpaired) electrons. The van der Waals surface area contributed by atoms with Gasteiger partial charge in [0.25, 0.3) is 5.78 Å². The van der Waals surface area contributed by atoms with Gasteiger partial charge in [0, 0.05) is 12.0 Å². The first-order valence-corrected chi connectivity index (χ1v) is 14.8. The number of anilines is 1. The number of nitrogens with zero attached hydrogens (tertiary/aromatic N) is 2. The average Bonchev–Trinajstić information content (AvgIpc) is 3.64. The fourth-order valence-corrected chi connectivity index (χ4v) is 6.40. The molecular weight excluding hydrogens is 552 g/mol. The number of aromatic nitrogens is 1. The zero-order valence-corrected chi connectivity index (χ0v) is 24.7. The van der Waals surface area contributed by atoms with Crippen LogP contribution >= 0.6 is 11.3 Å². The normalized spacial score (nSPS) is 19.4. The fraction of sp³-hybridized carbons (Fsp3) is 0.303. The molecule has 2 aliphatic rings. The number of Topliss-reactive ketones (excluding diaryl/α,β-unsaturated/α-hetero) is 1. The van der Waals surface area contributed by atoms with E-state index in [4.69, 9.17) is 19.2 Å². The Labute approximate surface area is 248 Å². The lowest BCUT2D eigenvalue weighted by molar-refractivity contribution is -0.132. The molecule has 0 spiro atoms.